The van der Waals surface area contributed by atoms with Gasteiger partial charge in [-0.15, -0.1) is 0 Å². The molecule has 138 valence electrons. The van der Waals surface area contributed by atoms with E-state index in [4.69, 9.17) is 0 Å². The highest BCUT2D eigenvalue weighted by Gasteiger charge is 2.30. The van der Waals surface area contributed by atoms with Gasteiger partial charge in [-0.3, -0.25) is 9.36 Å². The fraction of sp³-hybridized carbons (Fsp3) is 0.0556. The summed E-state index contributed by atoms with van der Waals surface area (Å²) in [5, 5.41) is 11.5. The van der Waals surface area contributed by atoms with Gasteiger partial charge in [0.2, 0.25) is 5.43 Å². The highest BCUT2D eigenvalue weighted by Crippen LogP contribution is 2.30. The maximum absolute atomic E-state index is 12.8. The molecule has 2 N–H and O–H groups in total. The molecule has 27 heavy (non-hydrogen) atoms. The van der Waals surface area contributed by atoms with E-state index in [9.17, 15) is 32.7 Å². The number of carbonyl (C=O) groups excluding carboxylic acids is 1. The lowest BCUT2D eigenvalue weighted by Gasteiger charge is -2.13. The number of aromatic carboxylic acids is 1. The number of halogens is 3. The second-order valence-corrected chi connectivity index (χ2v) is 5.57. The van der Waals surface area contributed by atoms with Gasteiger partial charge < -0.3 is 10.4 Å². The molecule has 6 nitrogen and oxygen atoms in total. The summed E-state index contributed by atoms with van der Waals surface area (Å²) in [6.45, 7) is 0. The maximum Gasteiger partial charge on any atom is 0.416 e. The number of rotatable bonds is 2. The Balaban J connectivity index is 2.08. The van der Waals surface area contributed by atoms with Gasteiger partial charge in [0.15, 0.2) is 0 Å². The number of nitrogens with one attached hydrogen (secondary N) is 1. The summed E-state index contributed by atoms with van der Waals surface area (Å²) in [7, 11) is 0. The highest BCUT2D eigenvalue weighted by atomic mass is 19.4. The first-order valence-electron chi connectivity index (χ1n) is 7.55. The number of aromatic nitrogens is 1. The number of hydrogen-bond acceptors (Lipinski definition) is 3. The Labute approximate surface area is 149 Å². The van der Waals surface area contributed by atoms with Gasteiger partial charge in [0, 0.05) is 17.3 Å². The molecule has 0 unspecified atom stereocenters. The molecule has 3 aromatic rings. The Morgan fingerprint density at radius 1 is 1.04 bits per heavy atom. The summed E-state index contributed by atoms with van der Waals surface area (Å²) in [6, 6.07) is 8.91. The van der Waals surface area contributed by atoms with E-state index in [0.717, 1.165) is 29.0 Å². The van der Waals surface area contributed by atoms with Crippen molar-refractivity contribution in [3.8, 4) is 0 Å². The number of carbonyl (C=O) groups is 2. The number of para-hydroxylation sites is 1. The second kappa shape index (κ2) is 6.60. The van der Waals surface area contributed by atoms with E-state index in [1.807, 2.05) is 0 Å². The van der Waals surface area contributed by atoms with E-state index in [2.05, 4.69) is 5.32 Å². The van der Waals surface area contributed by atoms with Crippen LogP contribution in [0.2, 0.25) is 0 Å². The standard InChI is InChI=1S/C18H11F3N2O4/c19-18(20,21)10-4-3-5-11(8-10)22-17(27)23-9-13(16(25)26)15(24)12-6-1-2-7-14(12)23/h1-9H,(H,22,27)(H,25,26). The summed E-state index contributed by atoms with van der Waals surface area (Å²) in [6.07, 6.45) is -3.74. The van der Waals surface area contributed by atoms with Crippen molar-refractivity contribution < 1.29 is 27.9 Å². The lowest BCUT2D eigenvalue weighted by atomic mass is 10.1. The van der Waals surface area contributed by atoms with Crippen LogP contribution in [0.15, 0.2) is 59.5 Å². The van der Waals surface area contributed by atoms with Crippen LogP contribution >= 0.6 is 0 Å². The molecule has 0 aliphatic heterocycles. The number of alkyl halides is 3. The lowest BCUT2D eigenvalue weighted by Crippen LogP contribution is -2.25. The zero-order chi connectivity index (χ0) is 19.8. The number of amides is 1. The molecule has 0 fully saturated rings. The molecule has 2 aromatic carbocycles. The minimum atomic E-state index is -4.58. The molecule has 0 saturated heterocycles. The highest BCUT2D eigenvalue weighted by molar-refractivity contribution is 6.00. The largest absolute Gasteiger partial charge is 0.477 e. The van der Waals surface area contributed by atoms with E-state index in [1.165, 1.54) is 30.3 Å². The van der Waals surface area contributed by atoms with Gasteiger partial charge in [-0.25, -0.2) is 9.59 Å². The number of pyridine rings is 1. The molecule has 1 amide bonds. The van der Waals surface area contributed by atoms with Crippen molar-refractivity contribution in [1.29, 1.82) is 0 Å². The molecule has 3 rings (SSSR count). The van der Waals surface area contributed by atoms with Gasteiger partial charge >= 0.3 is 18.2 Å². The first kappa shape index (κ1) is 18.2. The van der Waals surface area contributed by atoms with Gasteiger partial charge in [0.1, 0.15) is 5.56 Å². The Morgan fingerprint density at radius 2 is 1.74 bits per heavy atom. The third-order valence-electron chi connectivity index (χ3n) is 3.80. The summed E-state index contributed by atoms with van der Waals surface area (Å²) >= 11 is 0. The van der Waals surface area contributed by atoms with Gasteiger partial charge in [0.05, 0.1) is 11.1 Å². The molecule has 9 heteroatoms. The van der Waals surface area contributed by atoms with Crippen LogP contribution in [0.5, 0.6) is 0 Å². The van der Waals surface area contributed by atoms with Crippen LogP contribution in [0.25, 0.3) is 10.9 Å². The molecule has 1 heterocycles. The van der Waals surface area contributed by atoms with Crippen molar-refractivity contribution in [3.63, 3.8) is 0 Å². The minimum Gasteiger partial charge on any atom is -0.477 e. The summed E-state index contributed by atoms with van der Waals surface area (Å²) in [5.41, 5.74) is -2.35. The SMILES string of the molecule is O=C(O)c1cn(C(=O)Nc2cccc(C(F)(F)F)c2)c2ccccc2c1=O. The molecule has 0 spiro atoms. The van der Waals surface area contributed by atoms with E-state index < -0.39 is 34.7 Å². The lowest BCUT2D eigenvalue weighted by molar-refractivity contribution is -0.137. The van der Waals surface area contributed by atoms with Crippen molar-refractivity contribution in [2.75, 3.05) is 5.32 Å². The van der Waals surface area contributed by atoms with Crippen molar-refractivity contribution in [1.82, 2.24) is 4.57 Å². The van der Waals surface area contributed by atoms with Crippen LogP contribution in [0, 0.1) is 0 Å². The van der Waals surface area contributed by atoms with Gasteiger partial charge in [0.25, 0.3) is 0 Å². The molecule has 0 aliphatic carbocycles. The third-order valence-corrected chi connectivity index (χ3v) is 3.80. The van der Waals surface area contributed by atoms with Crippen molar-refractivity contribution in [2.45, 2.75) is 6.18 Å². The zero-order valence-electron chi connectivity index (χ0n) is 13.4. The number of hydrogen-bond donors (Lipinski definition) is 2. The van der Waals surface area contributed by atoms with E-state index in [-0.39, 0.29) is 16.6 Å². The van der Waals surface area contributed by atoms with Crippen LogP contribution < -0.4 is 10.7 Å². The first-order chi connectivity index (χ1) is 12.7. The topological polar surface area (TPSA) is 88.4 Å². The monoisotopic (exact) mass is 376 g/mol. The number of nitrogens with zero attached hydrogens (tertiary/aromatic N) is 1. The van der Waals surface area contributed by atoms with Crippen LogP contribution in [0.4, 0.5) is 23.7 Å². The molecular weight excluding hydrogens is 365 g/mol. The van der Waals surface area contributed by atoms with Gasteiger partial charge in [-0.1, -0.05) is 18.2 Å². The van der Waals surface area contributed by atoms with E-state index in [1.54, 1.807) is 0 Å². The van der Waals surface area contributed by atoms with Crippen molar-refractivity contribution in [3.05, 3.63) is 76.1 Å². The second-order valence-electron chi connectivity index (χ2n) is 5.57. The predicted octanol–water partition coefficient (Wildman–Crippen LogP) is 3.80. The predicted molar refractivity (Wildman–Crippen MR) is 91.0 cm³/mol. The number of benzene rings is 2. The maximum atomic E-state index is 12.8. The average Bonchev–Trinajstić information content (AvgIpc) is 2.61. The molecule has 0 radical (unpaired) electrons. The Hall–Kier alpha value is -3.62. The molecular formula is C18H11F3N2O4. The summed E-state index contributed by atoms with van der Waals surface area (Å²) in [5.74, 6) is -1.52. The normalized spacial score (nSPS) is 11.4. The van der Waals surface area contributed by atoms with Crippen LogP contribution in [0.3, 0.4) is 0 Å². The van der Waals surface area contributed by atoms with Crippen molar-refractivity contribution >= 4 is 28.6 Å². The number of anilines is 1. The number of carboxylic acid groups (broad SMARTS) is 1. The average molecular weight is 376 g/mol. The Kier molecular flexibility index (Phi) is 4.44. The quantitative estimate of drug-likeness (QED) is 0.712. The molecule has 0 aliphatic rings. The molecule has 0 atom stereocenters. The zero-order valence-corrected chi connectivity index (χ0v) is 13.4. The molecule has 0 bridgehead atoms. The third kappa shape index (κ3) is 3.52. The van der Waals surface area contributed by atoms with Crippen LogP contribution in [0.1, 0.15) is 15.9 Å². The molecule has 0 saturated carbocycles. The van der Waals surface area contributed by atoms with E-state index in [0.29, 0.717) is 0 Å². The number of carboxylic acids is 1. The van der Waals surface area contributed by atoms with Crippen LogP contribution in [-0.2, 0) is 6.18 Å². The van der Waals surface area contributed by atoms with Gasteiger partial charge in [-0.2, -0.15) is 13.2 Å². The van der Waals surface area contributed by atoms with Crippen molar-refractivity contribution in [2.24, 2.45) is 0 Å². The summed E-state index contributed by atoms with van der Waals surface area (Å²) in [4.78, 5) is 36.0. The van der Waals surface area contributed by atoms with E-state index >= 15 is 0 Å². The van der Waals surface area contributed by atoms with Crippen LogP contribution in [-0.4, -0.2) is 21.7 Å². The fourth-order valence-electron chi connectivity index (χ4n) is 2.56. The smallest absolute Gasteiger partial charge is 0.416 e. The first-order valence-corrected chi connectivity index (χ1v) is 7.55. The van der Waals surface area contributed by atoms with Gasteiger partial charge in [-0.05, 0) is 30.3 Å². The summed E-state index contributed by atoms with van der Waals surface area (Å²) < 4.78 is 39.3. The number of fused-ring (bicyclic) bond motifs is 1. The fourth-order valence-corrected chi connectivity index (χ4v) is 2.56. The Bertz CT molecular complexity index is 1120. The minimum absolute atomic E-state index is 0.00316. The molecule has 1 aromatic heterocycles. The Morgan fingerprint density at radius 3 is 2.41 bits per heavy atom.